The van der Waals surface area contributed by atoms with Crippen LogP contribution in [0.4, 0.5) is 0 Å². The van der Waals surface area contributed by atoms with Crippen LogP contribution in [0.1, 0.15) is 46.5 Å². The van der Waals surface area contributed by atoms with E-state index in [-0.39, 0.29) is 0 Å². The Kier molecular flexibility index (Phi) is 1.82. The summed E-state index contributed by atoms with van der Waals surface area (Å²) in [5.41, 5.74) is 2.50. The van der Waals surface area contributed by atoms with Crippen molar-refractivity contribution < 1.29 is 0 Å². The maximum atomic E-state index is 2.54. The van der Waals surface area contributed by atoms with E-state index >= 15 is 0 Å². The lowest BCUT2D eigenvalue weighted by Crippen LogP contribution is -2.11. The van der Waals surface area contributed by atoms with Gasteiger partial charge < -0.3 is 0 Å². The summed E-state index contributed by atoms with van der Waals surface area (Å²) in [6.45, 7) is 7.13. The Bertz CT molecular complexity index is 214. The van der Waals surface area contributed by atoms with Crippen LogP contribution in [0.15, 0.2) is 11.6 Å². The molecule has 0 radical (unpaired) electrons. The number of hydrogen-bond acceptors (Lipinski definition) is 0. The van der Waals surface area contributed by atoms with Crippen LogP contribution in [0.25, 0.3) is 0 Å². The normalized spacial score (nSPS) is 45.1. The standard InChI is InChI=1S/C12H20/c1-4-5-10-6-9(2)7-12(3)8-11(10)12/h6,9,11H,4-5,7-8H2,1-3H3. The van der Waals surface area contributed by atoms with Crippen molar-refractivity contribution in [1.29, 1.82) is 0 Å². The summed E-state index contributed by atoms with van der Waals surface area (Å²) in [5, 5.41) is 0. The van der Waals surface area contributed by atoms with Crippen LogP contribution in [0.3, 0.4) is 0 Å². The van der Waals surface area contributed by atoms with Gasteiger partial charge in [-0.25, -0.2) is 0 Å². The Hall–Kier alpha value is -0.260. The molecule has 2 rings (SSSR count). The highest BCUT2D eigenvalue weighted by molar-refractivity contribution is 5.25. The van der Waals surface area contributed by atoms with Gasteiger partial charge >= 0.3 is 0 Å². The largest absolute Gasteiger partial charge is 0.0822 e. The molecule has 1 saturated carbocycles. The number of hydrogen-bond donors (Lipinski definition) is 0. The molecule has 0 bridgehead atoms. The lowest BCUT2D eigenvalue weighted by Gasteiger charge is -2.23. The first-order valence-electron chi connectivity index (χ1n) is 5.36. The van der Waals surface area contributed by atoms with Crippen molar-refractivity contribution in [2.45, 2.75) is 46.5 Å². The lowest BCUT2D eigenvalue weighted by molar-refractivity contribution is 0.397. The molecule has 0 heteroatoms. The molecule has 0 aromatic rings. The third-order valence-corrected chi connectivity index (χ3v) is 3.62. The summed E-state index contributed by atoms with van der Waals surface area (Å²) in [6.07, 6.45) is 8.13. The minimum Gasteiger partial charge on any atom is -0.0822 e. The molecule has 0 N–H and O–H groups in total. The van der Waals surface area contributed by atoms with E-state index in [0.717, 1.165) is 17.3 Å². The molecule has 0 heterocycles. The van der Waals surface area contributed by atoms with E-state index in [1.54, 1.807) is 5.57 Å². The van der Waals surface area contributed by atoms with Gasteiger partial charge in [0.1, 0.15) is 0 Å². The van der Waals surface area contributed by atoms with Gasteiger partial charge in [0.25, 0.3) is 0 Å². The monoisotopic (exact) mass is 164 g/mol. The van der Waals surface area contributed by atoms with Gasteiger partial charge in [0.05, 0.1) is 0 Å². The molecule has 0 spiro atoms. The van der Waals surface area contributed by atoms with Gasteiger partial charge in [-0.3, -0.25) is 0 Å². The third kappa shape index (κ3) is 1.22. The lowest BCUT2D eigenvalue weighted by atomic mass is 9.83. The highest BCUT2D eigenvalue weighted by Crippen LogP contribution is 2.63. The first-order chi connectivity index (χ1) is 5.65. The Labute approximate surface area is 76.1 Å². The van der Waals surface area contributed by atoms with Crippen LogP contribution in [-0.4, -0.2) is 0 Å². The summed E-state index contributed by atoms with van der Waals surface area (Å²) >= 11 is 0. The van der Waals surface area contributed by atoms with E-state index in [0.29, 0.717) is 0 Å². The molecular weight excluding hydrogens is 144 g/mol. The predicted molar refractivity (Wildman–Crippen MR) is 53.0 cm³/mol. The van der Waals surface area contributed by atoms with E-state index in [4.69, 9.17) is 0 Å². The van der Waals surface area contributed by atoms with Gasteiger partial charge in [0, 0.05) is 0 Å². The fourth-order valence-corrected chi connectivity index (χ4v) is 3.03. The second-order valence-electron chi connectivity index (χ2n) is 5.08. The molecule has 2 aliphatic carbocycles. The topological polar surface area (TPSA) is 0 Å². The number of fused-ring (bicyclic) bond motifs is 1. The van der Waals surface area contributed by atoms with Gasteiger partial charge in [0.2, 0.25) is 0 Å². The highest BCUT2D eigenvalue weighted by atomic mass is 14.6. The summed E-state index contributed by atoms with van der Waals surface area (Å²) in [5.74, 6) is 1.82. The minimum absolute atomic E-state index is 0.721. The van der Waals surface area contributed by atoms with Crippen molar-refractivity contribution in [2.24, 2.45) is 17.3 Å². The zero-order valence-electron chi connectivity index (χ0n) is 8.56. The fourth-order valence-electron chi connectivity index (χ4n) is 3.03. The van der Waals surface area contributed by atoms with Gasteiger partial charge in [-0.15, -0.1) is 0 Å². The molecule has 0 nitrogen and oxygen atoms in total. The highest BCUT2D eigenvalue weighted by Gasteiger charge is 2.53. The van der Waals surface area contributed by atoms with Crippen LogP contribution in [0.2, 0.25) is 0 Å². The van der Waals surface area contributed by atoms with Crippen LogP contribution in [-0.2, 0) is 0 Å². The Balaban J connectivity index is 2.12. The zero-order chi connectivity index (χ0) is 8.77. The molecule has 1 fully saturated rings. The van der Waals surface area contributed by atoms with E-state index < -0.39 is 0 Å². The molecule has 3 atom stereocenters. The van der Waals surface area contributed by atoms with E-state index in [1.807, 2.05) is 0 Å². The summed E-state index contributed by atoms with van der Waals surface area (Å²) in [4.78, 5) is 0. The zero-order valence-corrected chi connectivity index (χ0v) is 8.56. The van der Waals surface area contributed by atoms with Gasteiger partial charge in [-0.05, 0) is 36.5 Å². The van der Waals surface area contributed by atoms with Crippen molar-refractivity contribution in [3.8, 4) is 0 Å². The molecule has 0 aliphatic heterocycles. The van der Waals surface area contributed by atoms with Gasteiger partial charge in [0.15, 0.2) is 0 Å². The van der Waals surface area contributed by atoms with Crippen molar-refractivity contribution in [1.82, 2.24) is 0 Å². The van der Waals surface area contributed by atoms with Crippen molar-refractivity contribution >= 4 is 0 Å². The Morgan fingerprint density at radius 3 is 2.92 bits per heavy atom. The Morgan fingerprint density at radius 2 is 2.25 bits per heavy atom. The van der Waals surface area contributed by atoms with Crippen LogP contribution < -0.4 is 0 Å². The van der Waals surface area contributed by atoms with Gasteiger partial charge in [-0.1, -0.05) is 38.8 Å². The summed E-state index contributed by atoms with van der Waals surface area (Å²) in [6, 6.07) is 0. The maximum Gasteiger partial charge on any atom is -0.0143 e. The van der Waals surface area contributed by atoms with Crippen molar-refractivity contribution in [2.75, 3.05) is 0 Å². The second-order valence-corrected chi connectivity index (χ2v) is 5.08. The molecule has 12 heavy (non-hydrogen) atoms. The average molecular weight is 164 g/mol. The van der Waals surface area contributed by atoms with Crippen LogP contribution in [0.5, 0.6) is 0 Å². The molecule has 0 amide bonds. The Morgan fingerprint density at radius 1 is 1.50 bits per heavy atom. The van der Waals surface area contributed by atoms with Gasteiger partial charge in [-0.2, -0.15) is 0 Å². The molecule has 0 aromatic heterocycles. The molecule has 68 valence electrons. The number of rotatable bonds is 2. The van der Waals surface area contributed by atoms with Crippen LogP contribution in [0, 0.1) is 17.3 Å². The minimum atomic E-state index is 0.721. The first kappa shape index (κ1) is 8.34. The van der Waals surface area contributed by atoms with Crippen molar-refractivity contribution in [3.63, 3.8) is 0 Å². The molecule has 3 unspecified atom stereocenters. The molecular formula is C12H20. The third-order valence-electron chi connectivity index (χ3n) is 3.62. The smallest absolute Gasteiger partial charge is 0.0143 e. The first-order valence-corrected chi connectivity index (χ1v) is 5.36. The van der Waals surface area contributed by atoms with Crippen LogP contribution >= 0.6 is 0 Å². The number of allylic oxidation sites excluding steroid dienone is 2. The van der Waals surface area contributed by atoms with E-state index in [1.165, 1.54) is 25.7 Å². The van der Waals surface area contributed by atoms with E-state index in [9.17, 15) is 0 Å². The summed E-state index contributed by atoms with van der Waals surface area (Å²) < 4.78 is 0. The SMILES string of the molecule is CCCC1=CC(C)CC2(C)CC12. The fraction of sp³-hybridized carbons (Fsp3) is 0.833. The molecule has 0 saturated heterocycles. The van der Waals surface area contributed by atoms with Crippen molar-refractivity contribution in [3.05, 3.63) is 11.6 Å². The van der Waals surface area contributed by atoms with E-state index in [2.05, 4.69) is 26.8 Å². The molecule has 2 aliphatic rings. The maximum absolute atomic E-state index is 2.54. The average Bonchev–Trinajstić information content (AvgIpc) is 2.61. The second kappa shape index (κ2) is 2.61. The molecule has 0 aromatic carbocycles. The summed E-state index contributed by atoms with van der Waals surface area (Å²) in [7, 11) is 0. The quantitative estimate of drug-likeness (QED) is 0.545. The predicted octanol–water partition coefficient (Wildman–Crippen LogP) is 3.78.